The van der Waals surface area contributed by atoms with E-state index in [4.69, 9.17) is 15.6 Å². The van der Waals surface area contributed by atoms with E-state index in [1.807, 2.05) is 0 Å². The van der Waals surface area contributed by atoms with E-state index in [2.05, 4.69) is 0 Å². The van der Waals surface area contributed by atoms with Crippen LogP contribution in [0.3, 0.4) is 0 Å². The van der Waals surface area contributed by atoms with Crippen molar-refractivity contribution in [3.8, 4) is 5.75 Å². The van der Waals surface area contributed by atoms with Gasteiger partial charge in [0.2, 0.25) is 11.8 Å². The fraction of sp³-hybridized carbons (Fsp3) is 0.400. The fourth-order valence-electron chi connectivity index (χ4n) is 2.32. The second-order valence-electron chi connectivity index (χ2n) is 5.15. The number of aliphatic carboxylic acids is 1. The summed E-state index contributed by atoms with van der Waals surface area (Å²) in [6.07, 6.45) is 0.681. The number of ether oxygens (including phenoxy) is 1. The molecule has 0 saturated carbocycles. The third-order valence-corrected chi connectivity index (χ3v) is 3.61. The molecule has 7 heteroatoms. The molecule has 0 bridgehead atoms. The summed E-state index contributed by atoms with van der Waals surface area (Å²) in [5.41, 5.74) is 5.52. The quantitative estimate of drug-likeness (QED) is 0.794. The predicted molar refractivity (Wildman–Crippen MR) is 77.4 cm³/mol. The maximum Gasteiger partial charge on any atom is 0.308 e. The van der Waals surface area contributed by atoms with Gasteiger partial charge in [0.15, 0.2) is 0 Å². The Balaban J connectivity index is 1.75. The van der Waals surface area contributed by atoms with Crippen LogP contribution in [0.1, 0.15) is 23.2 Å². The average molecular weight is 306 g/mol. The van der Waals surface area contributed by atoms with Crippen LogP contribution in [-0.2, 0) is 9.59 Å². The molecule has 1 heterocycles. The van der Waals surface area contributed by atoms with Crippen molar-refractivity contribution in [2.45, 2.75) is 12.8 Å². The summed E-state index contributed by atoms with van der Waals surface area (Å²) in [6, 6.07) is 6.33. The molecule has 2 amide bonds. The monoisotopic (exact) mass is 306 g/mol. The van der Waals surface area contributed by atoms with Crippen LogP contribution in [0.2, 0.25) is 0 Å². The highest BCUT2D eigenvalue weighted by molar-refractivity contribution is 5.92. The van der Waals surface area contributed by atoms with Gasteiger partial charge in [-0.2, -0.15) is 0 Å². The minimum Gasteiger partial charge on any atom is -0.493 e. The van der Waals surface area contributed by atoms with Crippen molar-refractivity contribution in [2.24, 2.45) is 11.7 Å². The Kier molecular flexibility index (Phi) is 4.98. The van der Waals surface area contributed by atoms with Crippen molar-refractivity contribution in [1.29, 1.82) is 0 Å². The van der Waals surface area contributed by atoms with Gasteiger partial charge in [-0.25, -0.2) is 0 Å². The summed E-state index contributed by atoms with van der Waals surface area (Å²) in [4.78, 5) is 35.3. The number of primary amides is 1. The van der Waals surface area contributed by atoms with Crippen molar-refractivity contribution in [2.75, 3.05) is 19.7 Å². The van der Waals surface area contributed by atoms with E-state index < -0.39 is 17.8 Å². The first-order valence-electron chi connectivity index (χ1n) is 7.00. The largest absolute Gasteiger partial charge is 0.493 e. The first-order chi connectivity index (χ1) is 10.5. The van der Waals surface area contributed by atoms with E-state index in [1.165, 1.54) is 0 Å². The molecule has 1 fully saturated rings. The lowest BCUT2D eigenvalue weighted by atomic mass is 10.1. The number of hydrogen-bond donors (Lipinski definition) is 2. The molecule has 0 radical (unpaired) electrons. The summed E-state index contributed by atoms with van der Waals surface area (Å²) in [5.74, 6) is -1.41. The van der Waals surface area contributed by atoms with Gasteiger partial charge in [0.05, 0.1) is 18.9 Å². The van der Waals surface area contributed by atoms with Crippen LogP contribution < -0.4 is 10.5 Å². The van der Waals surface area contributed by atoms with Gasteiger partial charge < -0.3 is 20.5 Å². The minimum atomic E-state index is -0.860. The Morgan fingerprint density at radius 1 is 1.27 bits per heavy atom. The third-order valence-electron chi connectivity index (χ3n) is 3.61. The van der Waals surface area contributed by atoms with Gasteiger partial charge in [-0.3, -0.25) is 14.4 Å². The second kappa shape index (κ2) is 6.93. The lowest BCUT2D eigenvalue weighted by molar-refractivity contribution is -0.141. The van der Waals surface area contributed by atoms with Crippen LogP contribution in [0.25, 0.3) is 0 Å². The van der Waals surface area contributed by atoms with Crippen molar-refractivity contribution < 1.29 is 24.2 Å². The molecule has 7 nitrogen and oxygen atoms in total. The van der Waals surface area contributed by atoms with E-state index in [1.54, 1.807) is 29.2 Å². The van der Waals surface area contributed by atoms with Crippen LogP contribution in [0.4, 0.5) is 0 Å². The molecule has 0 spiro atoms. The number of carbonyl (C=O) groups is 3. The SMILES string of the molecule is NC(=O)c1ccc(OCCC(=O)N2CC[C@H](C(=O)O)C2)cc1. The Morgan fingerprint density at radius 2 is 1.95 bits per heavy atom. The standard InChI is InChI=1S/C15H18N2O5/c16-14(19)10-1-3-12(4-2-10)22-8-6-13(18)17-7-5-11(9-17)15(20)21/h1-4,11H,5-9H2,(H2,16,19)(H,20,21)/t11-/m0/s1. The Hall–Kier alpha value is -2.57. The molecule has 1 aromatic carbocycles. The molecule has 1 atom stereocenters. The van der Waals surface area contributed by atoms with E-state index in [9.17, 15) is 14.4 Å². The summed E-state index contributed by atoms with van der Waals surface area (Å²) >= 11 is 0. The third kappa shape index (κ3) is 3.97. The van der Waals surface area contributed by atoms with Crippen LogP contribution >= 0.6 is 0 Å². The number of nitrogens with zero attached hydrogens (tertiary/aromatic N) is 1. The number of carbonyl (C=O) groups excluding carboxylic acids is 2. The van der Waals surface area contributed by atoms with E-state index in [-0.39, 0.29) is 25.5 Å². The van der Waals surface area contributed by atoms with Crippen molar-refractivity contribution in [3.05, 3.63) is 29.8 Å². The zero-order valence-electron chi connectivity index (χ0n) is 12.0. The molecule has 0 aliphatic carbocycles. The molecule has 1 aliphatic rings. The van der Waals surface area contributed by atoms with Crippen LogP contribution in [0, 0.1) is 5.92 Å². The first-order valence-corrected chi connectivity index (χ1v) is 7.00. The Bertz CT molecular complexity index is 570. The number of carboxylic acids is 1. The number of hydrogen-bond acceptors (Lipinski definition) is 4. The molecule has 0 aromatic heterocycles. The summed E-state index contributed by atoms with van der Waals surface area (Å²) in [5, 5.41) is 8.90. The zero-order valence-corrected chi connectivity index (χ0v) is 12.0. The lowest BCUT2D eigenvalue weighted by Gasteiger charge is -2.16. The average Bonchev–Trinajstić information content (AvgIpc) is 2.98. The zero-order chi connectivity index (χ0) is 16.1. The Labute approximate surface area is 127 Å². The molecule has 1 aliphatic heterocycles. The first kappa shape index (κ1) is 15.8. The molecule has 1 aromatic rings. The number of amides is 2. The molecule has 22 heavy (non-hydrogen) atoms. The number of likely N-dealkylation sites (tertiary alicyclic amines) is 1. The van der Waals surface area contributed by atoms with Gasteiger partial charge >= 0.3 is 5.97 Å². The van der Waals surface area contributed by atoms with E-state index >= 15 is 0 Å². The molecule has 1 saturated heterocycles. The highest BCUT2D eigenvalue weighted by Crippen LogP contribution is 2.17. The maximum absolute atomic E-state index is 11.9. The van der Waals surface area contributed by atoms with Crippen LogP contribution in [-0.4, -0.2) is 47.5 Å². The predicted octanol–water partition coefficient (Wildman–Crippen LogP) is 0.487. The summed E-state index contributed by atoms with van der Waals surface area (Å²) in [7, 11) is 0. The minimum absolute atomic E-state index is 0.113. The van der Waals surface area contributed by atoms with E-state index in [0.29, 0.717) is 24.3 Å². The number of nitrogens with two attached hydrogens (primary N) is 1. The molecule has 2 rings (SSSR count). The second-order valence-corrected chi connectivity index (χ2v) is 5.15. The van der Waals surface area contributed by atoms with Gasteiger partial charge in [0.25, 0.3) is 0 Å². The molecular formula is C15H18N2O5. The lowest BCUT2D eigenvalue weighted by Crippen LogP contribution is -2.30. The van der Waals surface area contributed by atoms with Crippen LogP contribution in [0.5, 0.6) is 5.75 Å². The van der Waals surface area contributed by atoms with Crippen molar-refractivity contribution in [3.63, 3.8) is 0 Å². The highest BCUT2D eigenvalue weighted by Gasteiger charge is 2.30. The number of rotatable bonds is 6. The van der Waals surface area contributed by atoms with Gasteiger partial charge in [-0.15, -0.1) is 0 Å². The van der Waals surface area contributed by atoms with Crippen LogP contribution in [0.15, 0.2) is 24.3 Å². The number of carboxylic acid groups (broad SMARTS) is 1. The summed E-state index contributed by atoms with van der Waals surface area (Å²) < 4.78 is 5.43. The van der Waals surface area contributed by atoms with Gasteiger partial charge in [-0.05, 0) is 30.7 Å². The molecule has 118 valence electrons. The highest BCUT2D eigenvalue weighted by atomic mass is 16.5. The van der Waals surface area contributed by atoms with Crippen molar-refractivity contribution >= 4 is 17.8 Å². The number of benzene rings is 1. The van der Waals surface area contributed by atoms with Gasteiger partial charge in [0.1, 0.15) is 5.75 Å². The summed E-state index contributed by atoms with van der Waals surface area (Å²) in [6.45, 7) is 0.938. The van der Waals surface area contributed by atoms with E-state index in [0.717, 1.165) is 0 Å². The van der Waals surface area contributed by atoms with Gasteiger partial charge in [-0.1, -0.05) is 0 Å². The Morgan fingerprint density at radius 3 is 2.50 bits per heavy atom. The molecular weight excluding hydrogens is 288 g/mol. The fourth-order valence-corrected chi connectivity index (χ4v) is 2.32. The van der Waals surface area contributed by atoms with Gasteiger partial charge in [0, 0.05) is 18.7 Å². The molecule has 0 unspecified atom stereocenters. The van der Waals surface area contributed by atoms with Crippen molar-refractivity contribution in [1.82, 2.24) is 4.90 Å². The smallest absolute Gasteiger partial charge is 0.308 e. The molecule has 3 N–H and O–H groups in total. The normalized spacial score (nSPS) is 17.3. The topological polar surface area (TPSA) is 110 Å². The maximum atomic E-state index is 11.9.